The lowest BCUT2D eigenvalue weighted by atomic mass is 9.96. The van der Waals surface area contributed by atoms with E-state index in [1.807, 2.05) is 0 Å². The van der Waals surface area contributed by atoms with E-state index >= 15 is 0 Å². The molecule has 0 saturated carbocycles. The van der Waals surface area contributed by atoms with Gasteiger partial charge in [-0.25, -0.2) is 13.4 Å². The molecule has 8 heteroatoms. The van der Waals surface area contributed by atoms with Gasteiger partial charge in [0, 0.05) is 11.7 Å². The molecule has 0 fully saturated rings. The lowest BCUT2D eigenvalue weighted by Gasteiger charge is -2.18. The number of sulfone groups is 1. The Kier molecular flexibility index (Phi) is 4.55. The molecule has 20 heavy (non-hydrogen) atoms. The fraction of sp³-hybridized carbons (Fsp3) is 0.417. The lowest BCUT2D eigenvalue weighted by molar-refractivity contribution is -0.123. The highest BCUT2D eigenvalue weighted by molar-refractivity contribution is 7.90. The number of halogens is 1. The zero-order chi connectivity index (χ0) is 15.7. The van der Waals surface area contributed by atoms with Crippen LogP contribution in [0.2, 0.25) is 5.15 Å². The first-order valence-corrected chi connectivity index (χ1v) is 7.91. The summed E-state index contributed by atoms with van der Waals surface area (Å²) >= 11 is 5.76. The molecule has 0 unspecified atom stereocenters. The van der Waals surface area contributed by atoms with Crippen LogP contribution in [-0.2, 0) is 14.6 Å². The van der Waals surface area contributed by atoms with Crippen LogP contribution in [0.15, 0.2) is 11.0 Å². The van der Waals surface area contributed by atoms with Gasteiger partial charge in [0.2, 0.25) is 5.91 Å². The number of hydrogen-bond donors (Lipinski definition) is 1. The highest BCUT2D eigenvalue weighted by Crippen LogP contribution is 2.26. The van der Waals surface area contributed by atoms with Crippen molar-refractivity contribution in [2.45, 2.75) is 25.7 Å². The molecule has 1 N–H and O–H groups in total. The lowest BCUT2D eigenvalue weighted by Crippen LogP contribution is -2.29. The van der Waals surface area contributed by atoms with Crippen molar-refractivity contribution in [2.75, 3.05) is 11.6 Å². The molecular formula is C12H15ClN2O4S. The van der Waals surface area contributed by atoms with Crippen LogP contribution in [0, 0.1) is 5.41 Å². The number of carbonyl (C=O) groups excluding carboxylic acids is 2. The summed E-state index contributed by atoms with van der Waals surface area (Å²) in [5.74, 6) is -0.590. The maximum absolute atomic E-state index is 11.9. The number of amides is 1. The monoisotopic (exact) mass is 318 g/mol. The number of nitrogens with zero attached hydrogens (tertiary/aromatic N) is 1. The second-order valence-electron chi connectivity index (χ2n) is 5.31. The minimum Gasteiger partial charge on any atom is -0.309 e. The molecule has 0 saturated heterocycles. The van der Waals surface area contributed by atoms with Gasteiger partial charge in [0.15, 0.2) is 21.9 Å². The van der Waals surface area contributed by atoms with Crippen LogP contribution < -0.4 is 5.32 Å². The van der Waals surface area contributed by atoms with Crippen molar-refractivity contribution in [2.24, 2.45) is 5.41 Å². The molecule has 1 aromatic rings. The van der Waals surface area contributed by atoms with Crippen LogP contribution in [-0.4, -0.2) is 31.9 Å². The molecule has 110 valence electrons. The topological polar surface area (TPSA) is 93.2 Å². The van der Waals surface area contributed by atoms with Gasteiger partial charge < -0.3 is 5.32 Å². The molecule has 1 rings (SSSR count). The minimum absolute atomic E-state index is 0.0548. The third-order valence-corrected chi connectivity index (χ3v) is 3.82. The number of aromatic nitrogens is 1. The van der Waals surface area contributed by atoms with E-state index in [2.05, 4.69) is 10.3 Å². The van der Waals surface area contributed by atoms with Gasteiger partial charge in [-0.1, -0.05) is 32.4 Å². The van der Waals surface area contributed by atoms with Gasteiger partial charge in [0.1, 0.15) is 10.0 Å². The molecule has 0 aliphatic rings. The van der Waals surface area contributed by atoms with Crippen molar-refractivity contribution in [1.29, 1.82) is 0 Å². The number of carbonyl (C=O) groups is 2. The normalized spacial score (nSPS) is 12.1. The van der Waals surface area contributed by atoms with Gasteiger partial charge >= 0.3 is 0 Å². The van der Waals surface area contributed by atoms with Crippen molar-refractivity contribution in [3.8, 4) is 0 Å². The predicted molar refractivity (Wildman–Crippen MR) is 75.8 cm³/mol. The van der Waals surface area contributed by atoms with Gasteiger partial charge in [-0.15, -0.1) is 0 Å². The Morgan fingerprint density at radius 2 is 1.95 bits per heavy atom. The molecule has 1 heterocycles. The van der Waals surface area contributed by atoms with Crippen LogP contribution in [0.3, 0.4) is 0 Å². The highest BCUT2D eigenvalue weighted by atomic mass is 35.5. The molecule has 1 aromatic heterocycles. The fourth-order valence-electron chi connectivity index (χ4n) is 1.24. The average molecular weight is 319 g/mol. The number of anilines is 1. The van der Waals surface area contributed by atoms with Crippen LogP contribution in [0.4, 0.5) is 5.82 Å². The van der Waals surface area contributed by atoms with E-state index in [1.54, 1.807) is 20.8 Å². The maximum Gasteiger partial charge on any atom is 0.230 e. The second kappa shape index (κ2) is 5.49. The number of rotatable bonds is 3. The van der Waals surface area contributed by atoms with Crippen molar-refractivity contribution in [1.82, 2.24) is 4.98 Å². The zero-order valence-corrected chi connectivity index (χ0v) is 13.1. The summed E-state index contributed by atoms with van der Waals surface area (Å²) in [6.07, 6.45) is 1.36. The summed E-state index contributed by atoms with van der Waals surface area (Å²) < 4.78 is 23.4. The molecule has 0 aliphatic heterocycles. The van der Waals surface area contributed by atoms with E-state index in [1.165, 1.54) is 0 Å². The van der Waals surface area contributed by atoms with Gasteiger partial charge in [0.05, 0.1) is 5.56 Å². The van der Waals surface area contributed by atoms with Gasteiger partial charge in [-0.2, -0.15) is 0 Å². The fourth-order valence-corrected chi connectivity index (χ4v) is 2.21. The zero-order valence-electron chi connectivity index (χ0n) is 11.5. The standard InChI is InChI=1S/C12H15ClN2O4S/c1-12(2,3)11(17)15-10-8(20(4,18)19)5-7(6-16)9(13)14-10/h5-6H,1-4H3,(H,14,15,17). The van der Waals surface area contributed by atoms with Crippen molar-refractivity contribution < 1.29 is 18.0 Å². The molecule has 0 atom stereocenters. The SMILES string of the molecule is CC(C)(C)C(=O)Nc1nc(Cl)c(C=O)cc1S(C)(=O)=O. The molecule has 0 spiro atoms. The van der Waals surface area contributed by atoms with Crippen molar-refractivity contribution >= 4 is 39.4 Å². The number of pyridine rings is 1. The molecule has 0 bridgehead atoms. The second-order valence-corrected chi connectivity index (χ2v) is 7.65. The van der Waals surface area contributed by atoms with Crippen LogP contribution in [0.1, 0.15) is 31.1 Å². The number of hydrogen-bond acceptors (Lipinski definition) is 5. The van der Waals surface area contributed by atoms with Gasteiger partial charge in [-0.3, -0.25) is 9.59 Å². The number of aldehydes is 1. The first kappa shape index (κ1) is 16.6. The smallest absolute Gasteiger partial charge is 0.230 e. The Labute approximate surface area is 122 Å². The summed E-state index contributed by atoms with van der Waals surface area (Å²) in [5.41, 5.74) is -0.785. The summed E-state index contributed by atoms with van der Waals surface area (Å²) in [6, 6.07) is 1.09. The first-order chi connectivity index (χ1) is 8.96. The van der Waals surface area contributed by atoms with Crippen molar-refractivity contribution in [3.05, 3.63) is 16.8 Å². The Balaban J connectivity index is 3.43. The van der Waals surface area contributed by atoms with Crippen molar-refractivity contribution in [3.63, 3.8) is 0 Å². The molecular weight excluding hydrogens is 304 g/mol. The minimum atomic E-state index is -3.67. The van der Waals surface area contributed by atoms with Crippen LogP contribution in [0.25, 0.3) is 0 Å². The molecule has 1 amide bonds. The Morgan fingerprint density at radius 3 is 2.35 bits per heavy atom. The molecule has 0 radical (unpaired) electrons. The van der Waals surface area contributed by atoms with E-state index in [0.717, 1.165) is 12.3 Å². The summed E-state index contributed by atoms with van der Waals surface area (Å²) in [5, 5.41) is 2.25. The highest BCUT2D eigenvalue weighted by Gasteiger charge is 2.25. The Bertz CT molecular complexity index is 663. The van der Waals surface area contributed by atoms with E-state index in [-0.39, 0.29) is 21.4 Å². The molecule has 0 aromatic carbocycles. The van der Waals surface area contributed by atoms with E-state index in [0.29, 0.717) is 6.29 Å². The summed E-state index contributed by atoms with van der Waals surface area (Å²) in [7, 11) is -3.67. The quantitative estimate of drug-likeness (QED) is 0.679. The Hall–Kier alpha value is -1.47. The third-order valence-electron chi connectivity index (χ3n) is 2.41. The average Bonchev–Trinajstić information content (AvgIpc) is 2.26. The summed E-state index contributed by atoms with van der Waals surface area (Å²) in [6.45, 7) is 5.01. The Morgan fingerprint density at radius 1 is 1.40 bits per heavy atom. The number of nitrogens with one attached hydrogen (secondary N) is 1. The van der Waals surface area contributed by atoms with E-state index in [9.17, 15) is 18.0 Å². The van der Waals surface area contributed by atoms with E-state index < -0.39 is 21.2 Å². The largest absolute Gasteiger partial charge is 0.309 e. The van der Waals surface area contributed by atoms with Gasteiger partial charge in [0.25, 0.3) is 0 Å². The predicted octanol–water partition coefficient (Wildman–Crippen LogP) is 1.94. The maximum atomic E-state index is 11.9. The first-order valence-electron chi connectivity index (χ1n) is 5.64. The van der Waals surface area contributed by atoms with Crippen LogP contribution >= 0.6 is 11.6 Å². The van der Waals surface area contributed by atoms with E-state index in [4.69, 9.17) is 11.6 Å². The van der Waals surface area contributed by atoms with Gasteiger partial charge in [-0.05, 0) is 6.07 Å². The molecule has 6 nitrogen and oxygen atoms in total. The molecule has 0 aliphatic carbocycles. The van der Waals surface area contributed by atoms with Crippen LogP contribution in [0.5, 0.6) is 0 Å². The third kappa shape index (κ3) is 3.77. The summed E-state index contributed by atoms with van der Waals surface area (Å²) in [4.78, 5) is 26.3.